The van der Waals surface area contributed by atoms with Gasteiger partial charge in [0.25, 0.3) is 0 Å². The van der Waals surface area contributed by atoms with Crippen molar-refractivity contribution in [3.05, 3.63) is 35.8 Å². The fraction of sp³-hybridized carbons (Fsp3) is 0.600. The van der Waals surface area contributed by atoms with E-state index < -0.39 is 5.60 Å². The second-order valence-electron chi connectivity index (χ2n) is 5.68. The van der Waals surface area contributed by atoms with Crippen LogP contribution in [-0.4, -0.2) is 22.4 Å². The van der Waals surface area contributed by atoms with Crippen LogP contribution in [0.15, 0.2) is 34.7 Å². The molecule has 0 bridgehead atoms. The first-order valence-corrected chi connectivity index (χ1v) is 6.60. The predicted octanol–water partition coefficient (Wildman–Crippen LogP) is 2.54. The van der Waals surface area contributed by atoms with Crippen molar-refractivity contribution in [3.8, 4) is 0 Å². The summed E-state index contributed by atoms with van der Waals surface area (Å²) < 4.78 is 5.09. The molecule has 2 N–H and O–H groups in total. The molecule has 100 valence electrons. The highest BCUT2D eigenvalue weighted by Gasteiger charge is 2.33. The van der Waals surface area contributed by atoms with E-state index in [4.69, 9.17) is 4.42 Å². The summed E-state index contributed by atoms with van der Waals surface area (Å²) >= 11 is 0. The first kappa shape index (κ1) is 13.4. The molecule has 1 aliphatic rings. The van der Waals surface area contributed by atoms with Gasteiger partial charge in [0.15, 0.2) is 0 Å². The van der Waals surface area contributed by atoms with Crippen LogP contribution in [0.1, 0.15) is 32.3 Å². The lowest BCUT2D eigenvalue weighted by atomic mass is 9.73. The molecule has 3 nitrogen and oxygen atoms in total. The molecular weight excluding hydrogens is 228 g/mol. The molecule has 0 aromatic carbocycles. The summed E-state index contributed by atoms with van der Waals surface area (Å²) in [6.07, 6.45) is 7.64. The number of aliphatic hydroxyl groups excluding tert-OH is 1. The summed E-state index contributed by atoms with van der Waals surface area (Å²) in [5.74, 6) is 1.03. The zero-order valence-corrected chi connectivity index (χ0v) is 11.1. The van der Waals surface area contributed by atoms with Crippen molar-refractivity contribution in [1.82, 2.24) is 0 Å². The fourth-order valence-electron chi connectivity index (χ4n) is 2.81. The average molecular weight is 250 g/mol. The number of rotatable bonds is 4. The molecule has 18 heavy (non-hydrogen) atoms. The lowest BCUT2D eigenvalue weighted by molar-refractivity contribution is 0.00722. The molecule has 2 rings (SSSR count). The Balaban J connectivity index is 2.23. The van der Waals surface area contributed by atoms with Gasteiger partial charge in [0.05, 0.1) is 19.1 Å². The van der Waals surface area contributed by atoms with E-state index in [1.165, 1.54) is 5.57 Å². The molecule has 1 aromatic rings. The van der Waals surface area contributed by atoms with Gasteiger partial charge in [-0.25, -0.2) is 0 Å². The van der Waals surface area contributed by atoms with E-state index >= 15 is 0 Å². The standard InChI is InChI=1S/C15H22O3/c1-11(2)14-3-5-15(17,10-16)8-13(14)7-12-4-6-18-9-12/h4,6,8-9,11,14,16-17H,3,5,7,10H2,1-2H3/t14-,15-/m1/s1. The molecular formula is C15H22O3. The smallest absolute Gasteiger partial charge is 0.106 e. The van der Waals surface area contributed by atoms with Crippen LogP contribution in [0.25, 0.3) is 0 Å². The zero-order chi connectivity index (χ0) is 13.2. The molecule has 0 spiro atoms. The maximum Gasteiger partial charge on any atom is 0.106 e. The van der Waals surface area contributed by atoms with Crippen LogP contribution < -0.4 is 0 Å². The van der Waals surface area contributed by atoms with E-state index in [0.717, 1.165) is 18.4 Å². The average Bonchev–Trinajstić information content (AvgIpc) is 2.81. The molecule has 1 aliphatic carbocycles. The quantitative estimate of drug-likeness (QED) is 0.807. The first-order valence-electron chi connectivity index (χ1n) is 6.60. The Hall–Kier alpha value is -1.06. The normalized spacial score (nSPS) is 28.5. The summed E-state index contributed by atoms with van der Waals surface area (Å²) in [6, 6.07) is 1.95. The van der Waals surface area contributed by atoms with E-state index in [1.54, 1.807) is 12.5 Å². The van der Waals surface area contributed by atoms with E-state index in [-0.39, 0.29) is 6.61 Å². The van der Waals surface area contributed by atoms with E-state index in [1.807, 2.05) is 12.1 Å². The van der Waals surface area contributed by atoms with Crippen LogP contribution in [0, 0.1) is 11.8 Å². The van der Waals surface area contributed by atoms with Crippen molar-refractivity contribution in [2.24, 2.45) is 11.8 Å². The monoisotopic (exact) mass is 250 g/mol. The SMILES string of the molecule is CC(C)[C@H]1CC[C@](O)(CO)C=C1Cc1ccoc1. The number of aliphatic hydroxyl groups is 2. The molecule has 0 unspecified atom stereocenters. The van der Waals surface area contributed by atoms with E-state index in [0.29, 0.717) is 18.3 Å². The third-order valence-corrected chi connectivity index (χ3v) is 3.89. The Labute approximate surface area is 108 Å². The van der Waals surface area contributed by atoms with Crippen LogP contribution in [0.3, 0.4) is 0 Å². The Bertz CT molecular complexity index is 405. The fourth-order valence-corrected chi connectivity index (χ4v) is 2.81. The highest BCUT2D eigenvalue weighted by Crippen LogP contribution is 2.37. The number of hydrogen-bond donors (Lipinski definition) is 2. The van der Waals surface area contributed by atoms with Gasteiger partial charge in [0.1, 0.15) is 5.60 Å². The topological polar surface area (TPSA) is 53.6 Å². The van der Waals surface area contributed by atoms with Gasteiger partial charge in [-0.15, -0.1) is 0 Å². The van der Waals surface area contributed by atoms with Gasteiger partial charge in [-0.2, -0.15) is 0 Å². The van der Waals surface area contributed by atoms with Gasteiger partial charge >= 0.3 is 0 Å². The number of allylic oxidation sites excluding steroid dienone is 1. The first-order chi connectivity index (χ1) is 8.54. The van der Waals surface area contributed by atoms with Crippen molar-refractivity contribution in [2.45, 2.75) is 38.7 Å². The lowest BCUT2D eigenvalue weighted by Gasteiger charge is -2.35. The van der Waals surface area contributed by atoms with Gasteiger partial charge in [-0.1, -0.05) is 25.5 Å². The van der Waals surface area contributed by atoms with Crippen molar-refractivity contribution < 1.29 is 14.6 Å². The summed E-state index contributed by atoms with van der Waals surface area (Å²) in [4.78, 5) is 0. The third-order valence-electron chi connectivity index (χ3n) is 3.89. The predicted molar refractivity (Wildman–Crippen MR) is 70.1 cm³/mol. The van der Waals surface area contributed by atoms with Crippen molar-refractivity contribution in [1.29, 1.82) is 0 Å². The van der Waals surface area contributed by atoms with Crippen LogP contribution in [0.2, 0.25) is 0 Å². The molecule has 0 amide bonds. The lowest BCUT2D eigenvalue weighted by Crippen LogP contribution is -2.37. The summed E-state index contributed by atoms with van der Waals surface area (Å²) in [5, 5.41) is 19.5. The van der Waals surface area contributed by atoms with E-state index in [9.17, 15) is 10.2 Å². The minimum absolute atomic E-state index is 0.202. The minimum atomic E-state index is -1.04. The Morgan fingerprint density at radius 1 is 1.50 bits per heavy atom. The number of hydrogen-bond acceptors (Lipinski definition) is 3. The highest BCUT2D eigenvalue weighted by molar-refractivity contribution is 5.25. The molecule has 1 heterocycles. The van der Waals surface area contributed by atoms with Gasteiger partial charge in [-0.05, 0) is 42.7 Å². The summed E-state index contributed by atoms with van der Waals surface area (Å²) in [5.41, 5.74) is 1.30. The van der Waals surface area contributed by atoms with Crippen molar-refractivity contribution >= 4 is 0 Å². The molecule has 0 saturated heterocycles. The third kappa shape index (κ3) is 2.85. The maximum atomic E-state index is 10.2. The molecule has 0 saturated carbocycles. The molecule has 3 heteroatoms. The van der Waals surface area contributed by atoms with Crippen LogP contribution >= 0.6 is 0 Å². The van der Waals surface area contributed by atoms with Crippen molar-refractivity contribution in [3.63, 3.8) is 0 Å². The maximum absolute atomic E-state index is 10.2. The molecule has 2 atom stereocenters. The largest absolute Gasteiger partial charge is 0.472 e. The second-order valence-corrected chi connectivity index (χ2v) is 5.68. The van der Waals surface area contributed by atoms with Crippen LogP contribution in [0.5, 0.6) is 0 Å². The Morgan fingerprint density at radius 3 is 2.83 bits per heavy atom. The van der Waals surface area contributed by atoms with Gasteiger partial charge in [0, 0.05) is 0 Å². The second kappa shape index (κ2) is 5.29. The minimum Gasteiger partial charge on any atom is -0.472 e. The van der Waals surface area contributed by atoms with Gasteiger partial charge < -0.3 is 14.6 Å². The van der Waals surface area contributed by atoms with E-state index in [2.05, 4.69) is 13.8 Å². The summed E-state index contributed by atoms with van der Waals surface area (Å²) in [7, 11) is 0. The highest BCUT2D eigenvalue weighted by atomic mass is 16.3. The van der Waals surface area contributed by atoms with Crippen molar-refractivity contribution in [2.75, 3.05) is 6.61 Å². The molecule has 0 fully saturated rings. The Kier molecular flexibility index (Phi) is 3.93. The molecule has 0 aliphatic heterocycles. The Morgan fingerprint density at radius 2 is 2.28 bits per heavy atom. The number of furan rings is 1. The van der Waals surface area contributed by atoms with Crippen LogP contribution in [-0.2, 0) is 6.42 Å². The van der Waals surface area contributed by atoms with Gasteiger partial charge in [0.2, 0.25) is 0 Å². The van der Waals surface area contributed by atoms with Crippen LogP contribution in [0.4, 0.5) is 0 Å². The van der Waals surface area contributed by atoms with Gasteiger partial charge in [-0.3, -0.25) is 0 Å². The molecule has 1 aromatic heterocycles. The molecule has 0 radical (unpaired) electrons. The zero-order valence-electron chi connectivity index (χ0n) is 11.1. The summed E-state index contributed by atoms with van der Waals surface area (Å²) in [6.45, 7) is 4.21.